The van der Waals surface area contributed by atoms with Crippen molar-refractivity contribution < 1.29 is 14.3 Å². The number of fused-ring (bicyclic) bond motifs is 1. The molecule has 1 heterocycles. The van der Waals surface area contributed by atoms with Gasteiger partial charge in [-0.3, -0.25) is 4.79 Å². The number of carbonyl (C=O) groups is 1. The van der Waals surface area contributed by atoms with Crippen LogP contribution in [0.3, 0.4) is 0 Å². The van der Waals surface area contributed by atoms with E-state index in [1.54, 1.807) is 13.1 Å². The number of nitrogen functional groups attached to an aromatic ring is 1. The molecule has 1 aromatic heterocycles. The van der Waals surface area contributed by atoms with E-state index in [0.717, 1.165) is 0 Å². The van der Waals surface area contributed by atoms with Crippen molar-refractivity contribution in [1.82, 2.24) is 4.98 Å². The van der Waals surface area contributed by atoms with Crippen molar-refractivity contribution >= 4 is 28.2 Å². The average Bonchev–Trinajstić information content (AvgIpc) is 2.27. The molecule has 2 aromatic rings. The van der Waals surface area contributed by atoms with E-state index in [2.05, 4.69) is 4.98 Å². The Bertz CT molecular complexity index is 616. The van der Waals surface area contributed by atoms with Gasteiger partial charge in [0.25, 0.3) is 0 Å². The molecule has 0 saturated heterocycles. The third-order valence-corrected chi connectivity index (χ3v) is 2.59. The predicted molar refractivity (Wildman–Crippen MR) is 67.0 cm³/mol. The summed E-state index contributed by atoms with van der Waals surface area (Å²) in [5, 5.41) is 9.91. The van der Waals surface area contributed by atoms with Crippen molar-refractivity contribution in [1.29, 1.82) is 0 Å². The van der Waals surface area contributed by atoms with E-state index in [-0.39, 0.29) is 6.54 Å². The van der Waals surface area contributed by atoms with Crippen molar-refractivity contribution in [3.8, 4) is 0 Å². The number of aliphatic carboxylic acids is 1. The number of anilines is 2. The van der Waals surface area contributed by atoms with Crippen LogP contribution in [0.2, 0.25) is 0 Å². The van der Waals surface area contributed by atoms with Crippen LogP contribution in [0.4, 0.5) is 15.9 Å². The van der Waals surface area contributed by atoms with Crippen LogP contribution in [-0.2, 0) is 4.79 Å². The van der Waals surface area contributed by atoms with Gasteiger partial charge >= 0.3 is 5.97 Å². The van der Waals surface area contributed by atoms with E-state index < -0.39 is 11.8 Å². The Morgan fingerprint density at radius 2 is 2.22 bits per heavy atom. The lowest BCUT2D eigenvalue weighted by atomic mass is 10.1. The smallest absolute Gasteiger partial charge is 0.323 e. The second kappa shape index (κ2) is 4.48. The molecule has 0 saturated carbocycles. The number of hydrogen-bond donors (Lipinski definition) is 2. The Hall–Kier alpha value is -2.37. The number of carboxylic acid groups (broad SMARTS) is 1. The molecule has 5 nitrogen and oxygen atoms in total. The number of likely N-dealkylation sites (N-methyl/N-ethyl adjacent to an activating group) is 1. The van der Waals surface area contributed by atoms with Gasteiger partial charge in [-0.05, 0) is 18.2 Å². The van der Waals surface area contributed by atoms with Gasteiger partial charge in [0.15, 0.2) is 0 Å². The van der Waals surface area contributed by atoms with E-state index >= 15 is 0 Å². The van der Waals surface area contributed by atoms with E-state index in [9.17, 15) is 9.18 Å². The molecule has 18 heavy (non-hydrogen) atoms. The molecule has 0 amide bonds. The van der Waals surface area contributed by atoms with Crippen molar-refractivity contribution in [2.45, 2.75) is 0 Å². The average molecular weight is 249 g/mol. The summed E-state index contributed by atoms with van der Waals surface area (Å²) in [5.74, 6) is -1.07. The van der Waals surface area contributed by atoms with Gasteiger partial charge < -0.3 is 15.7 Å². The summed E-state index contributed by atoms with van der Waals surface area (Å²) in [6, 6.07) is 4.19. The summed E-state index contributed by atoms with van der Waals surface area (Å²) >= 11 is 0. The number of rotatable bonds is 3. The van der Waals surface area contributed by atoms with E-state index in [1.807, 2.05) is 0 Å². The largest absolute Gasteiger partial charge is 0.480 e. The van der Waals surface area contributed by atoms with Crippen LogP contribution in [0.25, 0.3) is 10.8 Å². The molecule has 94 valence electrons. The summed E-state index contributed by atoms with van der Waals surface area (Å²) in [7, 11) is 1.58. The van der Waals surface area contributed by atoms with E-state index in [4.69, 9.17) is 10.8 Å². The van der Waals surface area contributed by atoms with Gasteiger partial charge in [0.1, 0.15) is 18.2 Å². The second-order valence-corrected chi connectivity index (χ2v) is 3.97. The van der Waals surface area contributed by atoms with Crippen LogP contribution in [0, 0.1) is 5.82 Å². The third kappa shape index (κ3) is 2.17. The van der Waals surface area contributed by atoms with Crippen molar-refractivity contribution in [2.75, 3.05) is 24.2 Å². The van der Waals surface area contributed by atoms with Crippen LogP contribution in [0.5, 0.6) is 0 Å². The van der Waals surface area contributed by atoms with Gasteiger partial charge in [0.05, 0.1) is 0 Å². The molecule has 3 N–H and O–H groups in total. The highest BCUT2D eigenvalue weighted by Crippen LogP contribution is 2.28. The highest BCUT2D eigenvalue weighted by atomic mass is 19.1. The highest BCUT2D eigenvalue weighted by molar-refractivity contribution is 5.99. The van der Waals surface area contributed by atoms with Gasteiger partial charge in [0.2, 0.25) is 0 Å². The standard InChI is InChI=1S/C12H12FN3O2/c1-16(6-11(17)18)12-9-4-7(13)5-10(14)8(9)2-3-15-12/h2-5H,6,14H2,1H3,(H,17,18). The fourth-order valence-electron chi connectivity index (χ4n) is 1.84. The maximum atomic E-state index is 13.4. The quantitative estimate of drug-likeness (QED) is 0.805. The number of aromatic nitrogens is 1. The first-order valence-corrected chi connectivity index (χ1v) is 5.25. The van der Waals surface area contributed by atoms with Gasteiger partial charge in [0, 0.05) is 29.7 Å². The molecular weight excluding hydrogens is 237 g/mol. The molecule has 0 radical (unpaired) electrons. The maximum Gasteiger partial charge on any atom is 0.323 e. The molecule has 0 aliphatic rings. The summed E-state index contributed by atoms with van der Waals surface area (Å²) in [6.07, 6.45) is 1.52. The van der Waals surface area contributed by atoms with Crippen molar-refractivity contribution in [2.24, 2.45) is 0 Å². The van der Waals surface area contributed by atoms with Crippen LogP contribution < -0.4 is 10.6 Å². The Morgan fingerprint density at radius 3 is 2.89 bits per heavy atom. The zero-order valence-electron chi connectivity index (χ0n) is 9.72. The first kappa shape index (κ1) is 12.1. The molecule has 0 bridgehead atoms. The number of halogens is 1. The minimum absolute atomic E-state index is 0.220. The Balaban J connectivity index is 2.61. The van der Waals surface area contributed by atoms with E-state index in [0.29, 0.717) is 22.3 Å². The first-order valence-electron chi connectivity index (χ1n) is 5.25. The number of carboxylic acids is 1. The normalized spacial score (nSPS) is 10.6. The Labute approximate surface area is 103 Å². The van der Waals surface area contributed by atoms with Gasteiger partial charge in [-0.1, -0.05) is 0 Å². The fourth-order valence-corrected chi connectivity index (χ4v) is 1.84. The molecule has 0 aliphatic heterocycles. The molecule has 0 aliphatic carbocycles. The summed E-state index contributed by atoms with van der Waals surface area (Å²) in [6.45, 7) is -0.220. The second-order valence-electron chi connectivity index (χ2n) is 3.97. The monoisotopic (exact) mass is 249 g/mol. The van der Waals surface area contributed by atoms with Gasteiger partial charge in [-0.2, -0.15) is 0 Å². The number of pyridine rings is 1. The topological polar surface area (TPSA) is 79.5 Å². The SMILES string of the molecule is CN(CC(=O)O)c1nccc2c(N)cc(F)cc12. The minimum Gasteiger partial charge on any atom is -0.480 e. The van der Waals surface area contributed by atoms with Crippen molar-refractivity contribution in [3.05, 3.63) is 30.2 Å². The van der Waals surface area contributed by atoms with Crippen molar-refractivity contribution in [3.63, 3.8) is 0 Å². The maximum absolute atomic E-state index is 13.4. The summed E-state index contributed by atoms with van der Waals surface area (Å²) in [5.41, 5.74) is 6.03. The Kier molecular flexibility index (Phi) is 3.01. The fraction of sp³-hybridized carbons (Fsp3) is 0.167. The minimum atomic E-state index is -0.985. The summed E-state index contributed by atoms with van der Waals surface area (Å²) in [4.78, 5) is 16.2. The summed E-state index contributed by atoms with van der Waals surface area (Å²) < 4.78 is 13.4. The third-order valence-electron chi connectivity index (χ3n) is 2.59. The molecule has 0 atom stereocenters. The van der Waals surface area contributed by atoms with Crippen LogP contribution in [0.1, 0.15) is 0 Å². The van der Waals surface area contributed by atoms with Gasteiger partial charge in [-0.15, -0.1) is 0 Å². The van der Waals surface area contributed by atoms with Gasteiger partial charge in [-0.25, -0.2) is 9.37 Å². The van der Waals surface area contributed by atoms with Crippen LogP contribution in [-0.4, -0.2) is 29.7 Å². The zero-order chi connectivity index (χ0) is 13.3. The molecular formula is C12H12FN3O2. The highest BCUT2D eigenvalue weighted by Gasteiger charge is 2.12. The van der Waals surface area contributed by atoms with Crippen LogP contribution in [0.15, 0.2) is 24.4 Å². The molecule has 6 heteroatoms. The lowest BCUT2D eigenvalue weighted by molar-refractivity contribution is -0.135. The number of nitrogens with zero attached hydrogens (tertiary/aromatic N) is 2. The molecule has 0 unspecified atom stereocenters. The lowest BCUT2D eigenvalue weighted by Gasteiger charge is -2.18. The first-order chi connectivity index (χ1) is 8.49. The molecule has 1 aromatic carbocycles. The number of benzene rings is 1. The molecule has 0 fully saturated rings. The number of nitrogens with two attached hydrogens (primary N) is 1. The lowest BCUT2D eigenvalue weighted by Crippen LogP contribution is -2.26. The molecule has 0 spiro atoms. The van der Waals surface area contributed by atoms with Crippen LogP contribution >= 0.6 is 0 Å². The zero-order valence-corrected chi connectivity index (χ0v) is 9.72. The van der Waals surface area contributed by atoms with E-state index in [1.165, 1.54) is 23.2 Å². The number of hydrogen-bond acceptors (Lipinski definition) is 4. The Morgan fingerprint density at radius 1 is 1.50 bits per heavy atom. The predicted octanol–water partition coefficient (Wildman–Crippen LogP) is 1.48. The molecule has 2 rings (SSSR count).